The molecule has 0 saturated carbocycles. The van der Waals surface area contributed by atoms with E-state index in [0.717, 1.165) is 0 Å². The quantitative estimate of drug-likeness (QED) is 0.618. The van der Waals surface area contributed by atoms with Gasteiger partial charge in [0.25, 0.3) is 0 Å². The molecule has 2 aromatic rings. The van der Waals surface area contributed by atoms with E-state index in [1.54, 1.807) is 30.3 Å². The van der Waals surface area contributed by atoms with Crippen molar-refractivity contribution < 1.29 is 4.79 Å². The van der Waals surface area contributed by atoms with Crippen LogP contribution < -0.4 is 0 Å². The minimum atomic E-state index is -0.0802. The summed E-state index contributed by atoms with van der Waals surface area (Å²) in [6.07, 6.45) is 1.63. The lowest BCUT2D eigenvalue weighted by molar-refractivity contribution is 0.0992. The first-order chi connectivity index (χ1) is 8.56. The topological polar surface area (TPSA) is 30.0 Å². The van der Waals surface area contributed by atoms with Crippen LogP contribution in [-0.2, 0) is 6.42 Å². The lowest BCUT2D eigenvalue weighted by Gasteiger charge is -2.04. The number of carbonyl (C=O) groups is 1. The summed E-state index contributed by atoms with van der Waals surface area (Å²) in [5, 5.41) is 1.43. The number of hydrogen-bond acceptors (Lipinski definition) is 2. The van der Waals surface area contributed by atoms with Crippen molar-refractivity contribution >= 4 is 40.6 Å². The Hall–Kier alpha value is -1.09. The van der Waals surface area contributed by atoms with Gasteiger partial charge in [-0.05, 0) is 35.9 Å². The van der Waals surface area contributed by atoms with E-state index in [0.29, 0.717) is 26.3 Å². The van der Waals surface area contributed by atoms with Gasteiger partial charge in [0.2, 0.25) is 0 Å². The summed E-state index contributed by atoms with van der Waals surface area (Å²) >= 11 is 17.5. The summed E-state index contributed by atoms with van der Waals surface area (Å²) in [4.78, 5) is 15.9. The molecule has 2 rings (SSSR count). The van der Waals surface area contributed by atoms with Crippen molar-refractivity contribution in [2.24, 2.45) is 0 Å². The number of rotatable bonds is 3. The number of aromatic nitrogens is 1. The zero-order valence-electron chi connectivity index (χ0n) is 9.16. The molecule has 1 heterocycles. The maximum absolute atomic E-state index is 12.0. The van der Waals surface area contributed by atoms with Crippen LogP contribution >= 0.6 is 34.8 Å². The van der Waals surface area contributed by atoms with Crippen LogP contribution in [0.3, 0.4) is 0 Å². The van der Waals surface area contributed by atoms with E-state index in [1.165, 1.54) is 6.20 Å². The van der Waals surface area contributed by atoms with Crippen LogP contribution in [0, 0.1) is 0 Å². The van der Waals surface area contributed by atoms with E-state index in [-0.39, 0.29) is 12.2 Å². The number of ketones is 1. The van der Waals surface area contributed by atoms with Crippen molar-refractivity contribution in [3.05, 3.63) is 62.9 Å². The van der Waals surface area contributed by atoms with Gasteiger partial charge in [0.1, 0.15) is 5.15 Å². The summed E-state index contributed by atoms with van der Waals surface area (Å²) in [6.45, 7) is 0. The molecule has 5 heteroatoms. The summed E-state index contributed by atoms with van der Waals surface area (Å²) in [7, 11) is 0. The predicted molar refractivity (Wildman–Crippen MR) is 73.7 cm³/mol. The highest BCUT2D eigenvalue weighted by Gasteiger charge is 2.10. The van der Waals surface area contributed by atoms with Crippen LogP contribution in [-0.4, -0.2) is 10.8 Å². The van der Waals surface area contributed by atoms with E-state index in [2.05, 4.69) is 4.98 Å². The lowest BCUT2D eigenvalue weighted by atomic mass is 10.0. The number of pyridine rings is 1. The second-order valence-corrected chi connectivity index (χ2v) is 4.94. The Morgan fingerprint density at radius 3 is 2.56 bits per heavy atom. The third-order valence-electron chi connectivity index (χ3n) is 2.41. The number of Topliss-reactive ketones (excluding diaryl/α,β-unsaturated/α-hetero) is 1. The standard InChI is InChI=1S/C13H8Cl3NO/c14-10-2-3-11(15)9(5-10)6-12(18)8-1-4-13(16)17-7-8/h1-5,7H,6H2. The van der Waals surface area contributed by atoms with E-state index < -0.39 is 0 Å². The maximum atomic E-state index is 12.0. The third kappa shape index (κ3) is 3.22. The molecule has 2 nitrogen and oxygen atoms in total. The molecule has 0 saturated heterocycles. The van der Waals surface area contributed by atoms with Gasteiger partial charge in [-0.15, -0.1) is 0 Å². The lowest BCUT2D eigenvalue weighted by Crippen LogP contribution is -2.04. The Balaban J connectivity index is 2.21. The molecule has 1 aromatic carbocycles. The van der Waals surface area contributed by atoms with Gasteiger partial charge in [0.05, 0.1) is 0 Å². The Labute approximate surface area is 120 Å². The normalized spacial score (nSPS) is 10.4. The van der Waals surface area contributed by atoms with Crippen LogP contribution in [0.15, 0.2) is 36.5 Å². The van der Waals surface area contributed by atoms with Crippen molar-refractivity contribution in [1.29, 1.82) is 0 Å². The summed E-state index contributed by atoms with van der Waals surface area (Å²) < 4.78 is 0. The average molecular weight is 301 g/mol. The molecule has 0 aliphatic rings. The van der Waals surface area contributed by atoms with E-state index in [4.69, 9.17) is 34.8 Å². The van der Waals surface area contributed by atoms with Gasteiger partial charge in [-0.25, -0.2) is 4.98 Å². The van der Waals surface area contributed by atoms with Crippen molar-refractivity contribution in [3.8, 4) is 0 Å². The van der Waals surface area contributed by atoms with Crippen molar-refractivity contribution in [2.75, 3.05) is 0 Å². The van der Waals surface area contributed by atoms with Crippen molar-refractivity contribution in [1.82, 2.24) is 4.98 Å². The average Bonchev–Trinajstić information content (AvgIpc) is 2.34. The van der Waals surface area contributed by atoms with Gasteiger partial charge in [-0.1, -0.05) is 34.8 Å². The van der Waals surface area contributed by atoms with Gasteiger partial charge < -0.3 is 0 Å². The number of carbonyl (C=O) groups excluding carboxylic acids is 1. The van der Waals surface area contributed by atoms with Gasteiger partial charge in [0, 0.05) is 28.2 Å². The third-order valence-corrected chi connectivity index (χ3v) is 3.24. The summed E-state index contributed by atoms with van der Waals surface area (Å²) in [6, 6.07) is 8.25. The van der Waals surface area contributed by atoms with Crippen LogP contribution in [0.5, 0.6) is 0 Å². The number of halogens is 3. The molecular weight excluding hydrogens is 293 g/mol. The first-order valence-electron chi connectivity index (χ1n) is 5.15. The van der Waals surface area contributed by atoms with E-state index in [9.17, 15) is 4.79 Å². The fourth-order valence-electron chi connectivity index (χ4n) is 1.49. The van der Waals surface area contributed by atoms with Gasteiger partial charge in [0.15, 0.2) is 5.78 Å². The summed E-state index contributed by atoms with van der Waals surface area (Å²) in [5.41, 5.74) is 1.19. The molecule has 0 aliphatic carbocycles. The van der Waals surface area contributed by atoms with E-state index >= 15 is 0 Å². The van der Waals surface area contributed by atoms with Crippen molar-refractivity contribution in [2.45, 2.75) is 6.42 Å². The Morgan fingerprint density at radius 1 is 1.11 bits per heavy atom. The molecule has 0 unspecified atom stereocenters. The SMILES string of the molecule is O=C(Cc1cc(Cl)ccc1Cl)c1ccc(Cl)nc1. The number of benzene rings is 1. The molecule has 0 bridgehead atoms. The predicted octanol–water partition coefficient (Wildman–Crippen LogP) is 4.47. The smallest absolute Gasteiger partial charge is 0.168 e. The monoisotopic (exact) mass is 299 g/mol. The number of nitrogens with zero attached hydrogens (tertiary/aromatic N) is 1. The minimum absolute atomic E-state index is 0.0802. The second kappa shape index (κ2) is 5.70. The summed E-state index contributed by atoms with van der Waals surface area (Å²) in [5.74, 6) is -0.0802. The molecule has 0 spiro atoms. The van der Waals surface area contributed by atoms with Gasteiger partial charge in [-0.2, -0.15) is 0 Å². The fraction of sp³-hybridized carbons (Fsp3) is 0.0769. The Bertz CT molecular complexity index is 581. The molecule has 0 N–H and O–H groups in total. The highest BCUT2D eigenvalue weighted by atomic mass is 35.5. The Kier molecular flexibility index (Phi) is 4.23. The molecular formula is C13H8Cl3NO. The molecule has 1 aromatic heterocycles. The number of hydrogen-bond donors (Lipinski definition) is 0. The fourth-order valence-corrected chi connectivity index (χ4v) is 1.99. The van der Waals surface area contributed by atoms with Gasteiger partial charge in [-0.3, -0.25) is 4.79 Å². The highest BCUT2D eigenvalue weighted by molar-refractivity contribution is 6.33. The van der Waals surface area contributed by atoms with Crippen LogP contribution in [0.4, 0.5) is 0 Å². The molecule has 0 radical (unpaired) electrons. The molecule has 0 atom stereocenters. The molecule has 18 heavy (non-hydrogen) atoms. The zero-order chi connectivity index (χ0) is 13.1. The van der Waals surface area contributed by atoms with Crippen LogP contribution in [0.1, 0.15) is 15.9 Å². The maximum Gasteiger partial charge on any atom is 0.168 e. The van der Waals surface area contributed by atoms with Crippen LogP contribution in [0.2, 0.25) is 15.2 Å². The highest BCUT2D eigenvalue weighted by Crippen LogP contribution is 2.22. The van der Waals surface area contributed by atoms with E-state index in [1.807, 2.05) is 0 Å². The minimum Gasteiger partial charge on any atom is -0.294 e. The largest absolute Gasteiger partial charge is 0.294 e. The first-order valence-corrected chi connectivity index (χ1v) is 6.28. The zero-order valence-corrected chi connectivity index (χ0v) is 11.4. The Morgan fingerprint density at radius 2 is 1.89 bits per heavy atom. The van der Waals surface area contributed by atoms with Crippen molar-refractivity contribution in [3.63, 3.8) is 0 Å². The molecule has 92 valence electrons. The molecule has 0 amide bonds. The molecule has 0 fully saturated rings. The first kappa shape index (κ1) is 13.3. The van der Waals surface area contributed by atoms with Crippen LogP contribution in [0.25, 0.3) is 0 Å². The molecule has 0 aliphatic heterocycles. The second-order valence-electron chi connectivity index (χ2n) is 3.71. The van der Waals surface area contributed by atoms with Gasteiger partial charge >= 0.3 is 0 Å².